The Morgan fingerprint density at radius 3 is 2.42 bits per heavy atom. The van der Waals surface area contributed by atoms with Crippen molar-refractivity contribution in [1.29, 1.82) is 0 Å². The number of rotatable bonds is 6. The molecule has 1 aromatic rings. The smallest absolute Gasteiger partial charge is 0.123 e. The fourth-order valence-corrected chi connectivity index (χ4v) is 2.96. The summed E-state index contributed by atoms with van der Waals surface area (Å²) in [5.74, 6) is -0.157. The van der Waals surface area contributed by atoms with E-state index in [1.54, 1.807) is 12.1 Å². The van der Waals surface area contributed by atoms with Gasteiger partial charge < -0.3 is 5.73 Å². The molecule has 1 saturated carbocycles. The first-order valence-electron chi connectivity index (χ1n) is 7.48. The molecule has 0 unspecified atom stereocenters. The van der Waals surface area contributed by atoms with Gasteiger partial charge in [-0.1, -0.05) is 31.4 Å². The van der Waals surface area contributed by atoms with E-state index in [1.807, 2.05) is 12.1 Å². The van der Waals surface area contributed by atoms with Crippen LogP contribution in [0.25, 0.3) is 0 Å². The molecule has 0 aliphatic heterocycles. The lowest BCUT2D eigenvalue weighted by atomic mass is 9.93. The van der Waals surface area contributed by atoms with Crippen LogP contribution < -0.4 is 5.73 Å². The third kappa shape index (κ3) is 4.59. The Morgan fingerprint density at radius 1 is 1.11 bits per heavy atom. The molecular weight excluding hydrogens is 239 g/mol. The molecule has 1 fully saturated rings. The average molecular weight is 264 g/mol. The molecule has 0 bridgehead atoms. The van der Waals surface area contributed by atoms with Crippen LogP contribution in [0, 0.1) is 5.82 Å². The van der Waals surface area contributed by atoms with E-state index < -0.39 is 0 Å². The van der Waals surface area contributed by atoms with Gasteiger partial charge in [-0.25, -0.2) is 4.39 Å². The van der Waals surface area contributed by atoms with Crippen molar-refractivity contribution in [2.24, 2.45) is 5.73 Å². The molecule has 2 rings (SSSR count). The summed E-state index contributed by atoms with van der Waals surface area (Å²) in [4.78, 5) is 2.54. The van der Waals surface area contributed by atoms with E-state index in [9.17, 15) is 4.39 Å². The number of hydrogen-bond donors (Lipinski definition) is 1. The van der Waals surface area contributed by atoms with E-state index in [0.717, 1.165) is 26.1 Å². The summed E-state index contributed by atoms with van der Waals surface area (Å²) in [7, 11) is 0. The molecule has 0 amide bonds. The largest absolute Gasteiger partial charge is 0.330 e. The van der Waals surface area contributed by atoms with Gasteiger partial charge in [0.2, 0.25) is 0 Å². The van der Waals surface area contributed by atoms with Crippen molar-refractivity contribution in [3.8, 4) is 0 Å². The maximum absolute atomic E-state index is 13.0. The maximum Gasteiger partial charge on any atom is 0.123 e. The molecule has 2 nitrogen and oxygen atoms in total. The lowest BCUT2D eigenvalue weighted by Crippen LogP contribution is -2.37. The van der Waals surface area contributed by atoms with Gasteiger partial charge in [0.25, 0.3) is 0 Å². The third-order valence-electron chi connectivity index (χ3n) is 4.04. The number of halogens is 1. The summed E-state index contributed by atoms with van der Waals surface area (Å²) in [6, 6.07) is 7.58. The van der Waals surface area contributed by atoms with Gasteiger partial charge in [0.05, 0.1) is 0 Å². The third-order valence-corrected chi connectivity index (χ3v) is 4.04. The molecule has 2 N–H and O–H groups in total. The zero-order valence-corrected chi connectivity index (χ0v) is 11.7. The summed E-state index contributed by atoms with van der Waals surface area (Å²) in [6.07, 6.45) is 7.69. The molecule has 0 atom stereocenters. The Kier molecular flexibility index (Phi) is 5.80. The first-order valence-corrected chi connectivity index (χ1v) is 7.48. The summed E-state index contributed by atoms with van der Waals surface area (Å²) < 4.78 is 13.0. The SMILES string of the molecule is NCCCN(Cc1ccc(F)cc1)C1CCCCC1. The van der Waals surface area contributed by atoms with Crippen molar-refractivity contribution in [2.75, 3.05) is 13.1 Å². The molecule has 1 aromatic carbocycles. The molecule has 0 spiro atoms. The Morgan fingerprint density at radius 2 is 1.79 bits per heavy atom. The fourth-order valence-electron chi connectivity index (χ4n) is 2.96. The Labute approximate surface area is 115 Å². The lowest BCUT2D eigenvalue weighted by Gasteiger charge is -2.34. The normalized spacial score (nSPS) is 17.0. The lowest BCUT2D eigenvalue weighted by molar-refractivity contribution is 0.147. The molecule has 0 heterocycles. The second-order valence-corrected chi connectivity index (χ2v) is 5.53. The van der Waals surface area contributed by atoms with Crippen LogP contribution >= 0.6 is 0 Å². The zero-order valence-electron chi connectivity index (χ0n) is 11.7. The molecule has 19 heavy (non-hydrogen) atoms. The highest BCUT2D eigenvalue weighted by Crippen LogP contribution is 2.24. The molecular formula is C16H25FN2. The van der Waals surface area contributed by atoms with Gasteiger partial charge in [-0.2, -0.15) is 0 Å². The van der Waals surface area contributed by atoms with E-state index >= 15 is 0 Å². The highest BCUT2D eigenvalue weighted by molar-refractivity contribution is 5.16. The van der Waals surface area contributed by atoms with Crippen molar-refractivity contribution < 1.29 is 4.39 Å². The minimum Gasteiger partial charge on any atom is -0.330 e. The van der Waals surface area contributed by atoms with E-state index in [-0.39, 0.29) is 5.82 Å². The van der Waals surface area contributed by atoms with Crippen molar-refractivity contribution in [1.82, 2.24) is 4.90 Å². The first kappa shape index (κ1) is 14.5. The predicted octanol–water partition coefficient (Wildman–Crippen LogP) is 3.31. The number of hydrogen-bond acceptors (Lipinski definition) is 2. The van der Waals surface area contributed by atoms with Crippen LogP contribution in [-0.2, 0) is 6.54 Å². The van der Waals surface area contributed by atoms with Crippen molar-refractivity contribution in [2.45, 2.75) is 51.1 Å². The van der Waals surface area contributed by atoms with E-state index in [0.29, 0.717) is 6.04 Å². The van der Waals surface area contributed by atoms with Crippen LogP contribution in [-0.4, -0.2) is 24.0 Å². The molecule has 3 heteroatoms. The molecule has 106 valence electrons. The second kappa shape index (κ2) is 7.61. The van der Waals surface area contributed by atoms with E-state index in [1.165, 1.54) is 37.7 Å². The van der Waals surface area contributed by atoms with Crippen molar-refractivity contribution in [3.63, 3.8) is 0 Å². The quantitative estimate of drug-likeness (QED) is 0.854. The molecule has 1 aliphatic carbocycles. The molecule has 0 saturated heterocycles. The molecule has 0 aromatic heterocycles. The Hall–Kier alpha value is -0.930. The van der Waals surface area contributed by atoms with Crippen molar-refractivity contribution >= 4 is 0 Å². The minimum absolute atomic E-state index is 0.157. The minimum atomic E-state index is -0.157. The zero-order chi connectivity index (χ0) is 13.5. The highest BCUT2D eigenvalue weighted by atomic mass is 19.1. The van der Waals surface area contributed by atoms with Crippen LogP contribution in [0.5, 0.6) is 0 Å². The van der Waals surface area contributed by atoms with Crippen LogP contribution in [0.4, 0.5) is 4.39 Å². The second-order valence-electron chi connectivity index (χ2n) is 5.53. The van der Waals surface area contributed by atoms with Gasteiger partial charge in [0.1, 0.15) is 5.82 Å². The summed E-state index contributed by atoms with van der Waals surface area (Å²) >= 11 is 0. The monoisotopic (exact) mass is 264 g/mol. The van der Waals surface area contributed by atoms with Gasteiger partial charge >= 0.3 is 0 Å². The van der Waals surface area contributed by atoms with Gasteiger partial charge in [0.15, 0.2) is 0 Å². The standard InChI is InChI=1S/C16H25FN2/c17-15-9-7-14(8-10-15)13-19(12-4-11-18)16-5-2-1-3-6-16/h7-10,16H,1-6,11-13,18H2. The number of benzene rings is 1. The van der Waals surface area contributed by atoms with Gasteiger partial charge in [0, 0.05) is 12.6 Å². The van der Waals surface area contributed by atoms with E-state index in [4.69, 9.17) is 5.73 Å². The number of nitrogens with zero attached hydrogens (tertiary/aromatic N) is 1. The fraction of sp³-hybridized carbons (Fsp3) is 0.625. The van der Waals surface area contributed by atoms with Crippen molar-refractivity contribution in [3.05, 3.63) is 35.6 Å². The Bertz CT molecular complexity index is 358. The average Bonchev–Trinajstić information content (AvgIpc) is 2.46. The topological polar surface area (TPSA) is 29.3 Å². The summed E-state index contributed by atoms with van der Waals surface area (Å²) in [5.41, 5.74) is 6.84. The first-order chi connectivity index (χ1) is 9.29. The molecule has 1 aliphatic rings. The van der Waals surface area contributed by atoms with Crippen LogP contribution in [0.2, 0.25) is 0 Å². The van der Waals surface area contributed by atoms with Crippen LogP contribution in [0.3, 0.4) is 0 Å². The summed E-state index contributed by atoms with van der Waals surface area (Å²) in [5, 5.41) is 0. The number of nitrogens with two attached hydrogens (primary N) is 1. The van der Waals surface area contributed by atoms with Gasteiger partial charge in [-0.3, -0.25) is 4.90 Å². The highest BCUT2D eigenvalue weighted by Gasteiger charge is 2.20. The molecule has 0 radical (unpaired) electrons. The maximum atomic E-state index is 13.0. The Balaban J connectivity index is 1.97. The van der Waals surface area contributed by atoms with Gasteiger partial charge in [-0.05, 0) is 50.0 Å². The summed E-state index contributed by atoms with van der Waals surface area (Å²) in [6.45, 7) is 2.72. The van der Waals surface area contributed by atoms with Crippen LogP contribution in [0.15, 0.2) is 24.3 Å². The van der Waals surface area contributed by atoms with Crippen LogP contribution in [0.1, 0.15) is 44.1 Å². The predicted molar refractivity (Wildman–Crippen MR) is 77.4 cm³/mol. The van der Waals surface area contributed by atoms with E-state index in [2.05, 4.69) is 4.90 Å². The van der Waals surface area contributed by atoms with Gasteiger partial charge in [-0.15, -0.1) is 0 Å².